The number of fused-ring (bicyclic) bond motifs is 2. The minimum Gasteiger partial charge on any atom is -0.454 e. The summed E-state index contributed by atoms with van der Waals surface area (Å²) in [5, 5.41) is 0. The summed E-state index contributed by atoms with van der Waals surface area (Å²) in [6.07, 6.45) is 2.93. The zero-order chi connectivity index (χ0) is 17.6. The molecule has 0 bridgehead atoms. The monoisotopic (exact) mass is 358 g/mol. The van der Waals surface area contributed by atoms with Crippen molar-refractivity contribution in [2.45, 2.75) is 25.8 Å². The Morgan fingerprint density at radius 3 is 2.92 bits per heavy atom. The Morgan fingerprint density at radius 2 is 2.04 bits per heavy atom. The fourth-order valence-corrected chi connectivity index (χ4v) is 4.99. The molecule has 26 heavy (non-hydrogen) atoms. The lowest BCUT2D eigenvalue weighted by Crippen LogP contribution is -2.38. The van der Waals surface area contributed by atoms with Crippen molar-refractivity contribution in [2.75, 3.05) is 46.2 Å². The van der Waals surface area contributed by atoms with Crippen LogP contribution in [0.25, 0.3) is 0 Å². The van der Waals surface area contributed by atoms with Crippen LogP contribution in [0.15, 0.2) is 18.2 Å². The molecular weight excluding hydrogens is 332 g/mol. The van der Waals surface area contributed by atoms with Crippen molar-refractivity contribution in [3.05, 3.63) is 23.8 Å². The van der Waals surface area contributed by atoms with Gasteiger partial charge < -0.3 is 19.1 Å². The molecule has 140 valence electrons. The highest BCUT2D eigenvalue weighted by Crippen LogP contribution is 2.45. The van der Waals surface area contributed by atoms with Crippen LogP contribution < -0.4 is 9.47 Å². The van der Waals surface area contributed by atoms with Crippen LogP contribution in [0.3, 0.4) is 0 Å². The Balaban J connectivity index is 1.27. The largest absolute Gasteiger partial charge is 0.454 e. The Kier molecular flexibility index (Phi) is 4.05. The van der Waals surface area contributed by atoms with Crippen LogP contribution in [-0.4, -0.2) is 61.9 Å². The highest BCUT2D eigenvalue weighted by Gasteiger charge is 2.51. The van der Waals surface area contributed by atoms with Gasteiger partial charge in [0.1, 0.15) is 0 Å². The number of rotatable bonds is 4. The fraction of sp³-hybridized carbons (Fsp3) is 0.650. The molecule has 0 N–H and O–H groups in total. The van der Waals surface area contributed by atoms with E-state index in [-0.39, 0.29) is 5.41 Å². The molecule has 3 saturated heterocycles. The van der Waals surface area contributed by atoms with Gasteiger partial charge in [-0.3, -0.25) is 9.69 Å². The van der Waals surface area contributed by atoms with E-state index >= 15 is 0 Å². The van der Waals surface area contributed by atoms with E-state index in [9.17, 15) is 4.79 Å². The third-order valence-corrected chi connectivity index (χ3v) is 6.40. The summed E-state index contributed by atoms with van der Waals surface area (Å²) in [4.78, 5) is 17.3. The summed E-state index contributed by atoms with van der Waals surface area (Å²) in [5.74, 6) is 2.45. The summed E-state index contributed by atoms with van der Waals surface area (Å²) in [7, 11) is 0. The summed E-state index contributed by atoms with van der Waals surface area (Å²) in [6, 6.07) is 6.18. The number of carbonyl (C=O) groups is 1. The Morgan fingerprint density at radius 1 is 1.19 bits per heavy atom. The second-order valence-corrected chi connectivity index (χ2v) is 8.20. The molecule has 0 spiro atoms. The molecule has 0 saturated carbocycles. The fourth-order valence-electron chi connectivity index (χ4n) is 4.99. The normalized spacial score (nSPS) is 30.2. The minimum atomic E-state index is -0.00396. The maximum Gasteiger partial charge on any atom is 0.231 e. The van der Waals surface area contributed by atoms with Gasteiger partial charge in [0.05, 0.1) is 13.2 Å². The quantitative estimate of drug-likeness (QED) is 0.823. The first-order valence-electron chi connectivity index (χ1n) is 9.68. The average molecular weight is 358 g/mol. The van der Waals surface area contributed by atoms with E-state index in [1.807, 2.05) is 11.0 Å². The lowest BCUT2D eigenvalue weighted by molar-refractivity contribution is -0.133. The zero-order valence-corrected chi connectivity index (χ0v) is 15.1. The van der Waals surface area contributed by atoms with Gasteiger partial charge in [0.25, 0.3) is 0 Å². The van der Waals surface area contributed by atoms with Crippen LogP contribution >= 0.6 is 0 Å². The zero-order valence-electron chi connectivity index (χ0n) is 15.1. The Hall–Kier alpha value is -1.79. The van der Waals surface area contributed by atoms with Crippen LogP contribution in [0.4, 0.5) is 0 Å². The van der Waals surface area contributed by atoms with Gasteiger partial charge >= 0.3 is 0 Å². The molecule has 1 aromatic rings. The van der Waals surface area contributed by atoms with Gasteiger partial charge in [-0.05, 0) is 30.5 Å². The topological polar surface area (TPSA) is 51.2 Å². The number of likely N-dealkylation sites (tertiary alicyclic amines) is 2. The van der Waals surface area contributed by atoms with Gasteiger partial charge in [-0.25, -0.2) is 0 Å². The van der Waals surface area contributed by atoms with E-state index in [1.54, 1.807) is 0 Å². The first-order valence-corrected chi connectivity index (χ1v) is 9.68. The number of ether oxygens (including phenoxy) is 3. The lowest BCUT2D eigenvalue weighted by atomic mass is 9.78. The smallest absolute Gasteiger partial charge is 0.231 e. The van der Waals surface area contributed by atoms with E-state index in [0.717, 1.165) is 70.3 Å². The number of hydrogen-bond donors (Lipinski definition) is 0. The van der Waals surface area contributed by atoms with Gasteiger partial charge in [0, 0.05) is 50.5 Å². The second kappa shape index (κ2) is 6.43. The third-order valence-electron chi connectivity index (χ3n) is 6.40. The van der Waals surface area contributed by atoms with Crippen molar-refractivity contribution in [3.8, 4) is 11.5 Å². The molecule has 5 rings (SSSR count). The SMILES string of the molecule is O=C(C[C@]12COC[C@H]1CN(Cc1ccc3c(c1)OCO3)C2)N1CCCC1. The molecule has 3 fully saturated rings. The summed E-state index contributed by atoms with van der Waals surface area (Å²) in [6.45, 7) is 6.49. The number of amides is 1. The highest BCUT2D eigenvalue weighted by molar-refractivity contribution is 5.77. The molecule has 4 heterocycles. The molecule has 6 nitrogen and oxygen atoms in total. The van der Waals surface area contributed by atoms with Crippen LogP contribution in [-0.2, 0) is 16.1 Å². The van der Waals surface area contributed by atoms with Gasteiger partial charge in [-0.1, -0.05) is 6.07 Å². The van der Waals surface area contributed by atoms with Crippen LogP contribution in [0.2, 0.25) is 0 Å². The first kappa shape index (κ1) is 16.4. The van der Waals surface area contributed by atoms with Crippen molar-refractivity contribution >= 4 is 5.91 Å². The predicted octanol–water partition coefficient (Wildman–Crippen LogP) is 1.88. The third kappa shape index (κ3) is 2.85. The second-order valence-electron chi connectivity index (χ2n) is 8.20. The average Bonchev–Trinajstić information content (AvgIpc) is 3.38. The van der Waals surface area contributed by atoms with E-state index in [2.05, 4.69) is 17.0 Å². The maximum atomic E-state index is 12.8. The standard InChI is InChI=1S/C20H26N2O4/c23-19(22-5-1-2-6-22)8-20-12-21(10-16(20)11-24-13-20)9-15-3-4-17-18(7-15)26-14-25-17/h3-4,7,16H,1-2,5-6,8-14H2/t16-,20+/m1/s1. The summed E-state index contributed by atoms with van der Waals surface area (Å²) >= 11 is 0. The minimum absolute atomic E-state index is 0.00396. The molecule has 1 amide bonds. The maximum absolute atomic E-state index is 12.8. The van der Waals surface area contributed by atoms with Gasteiger partial charge in [-0.2, -0.15) is 0 Å². The van der Waals surface area contributed by atoms with Crippen molar-refractivity contribution in [3.63, 3.8) is 0 Å². The Labute approximate surface area is 154 Å². The number of nitrogens with zero attached hydrogens (tertiary/aromatic N) is 2. The van der Waals surface area contributed by atoms with Crippen LogP contribution in [0.1, 0.15) is 24.8 Å². The predicted molar refractivity (Wildman–Crippen MR) is 95.0 cm³/mol. The number of carbonyl (C=O) groups excluding carboxylic acids is 1. The van der Waals surface area contributed by atoms with Crippen LogP contribution in [0, 0.1) is 11.3 Å². The van der Waals surface area contributed by atoms with E-state index in [0.29, 0.717) is 25.0 Å². The highest BCUT2D eigenvalue weighted by atomic mass is 16.7. The van der Waals surface area contributed by atoms with Crippen molar-refractivity contribution < 1.29 is 19.0 Å². The lowest BCUT2D eigenvalue weighted by Gasteiger charge is -2.29. The summed E-state index contributed by atoms with van der Waals surface area (Å²) < 4.78 is 16.7. The van der Waals surface area contributed by atoms with Gasteiger partial charge in [-0.15, -0.1) is 0 Å². The number of hydrogen-bond acceptors (Lipinski definition) is 5. The molecule has 1 aromatic carbocycles. The molecule has 0 aliphatic carbocycles. The molecule has 2 atom stereocenters. The van der Waals surface area contributed by atoms with Gasteiger partial charge in [0.2, 0.25) is 12.7 Å². The molecule has 6 heteroatoms. The molecule has 0 unspecified atom stereocenters. The van der Waals surface area contributed by atoms with Crippen molar-refractivity contribution in [1.82, 2.24) is 9.80 Å². The Bertz CT molecular complexity index is 703. The molecule has 4 aliphatic rings. The molecular formula is C20H26N2O4. The van der Waals surface area contributed by atoms with E-state index in [1.165, 1.54) is 5.56 Å². The van der Waals surface area contributed by atoms with Crippen molar-refractivity contribution in [2.24, 2.45) is 11.3 Å². The molecule has 0 aromatic heterocycles. The van der Waals surface area contributed by atoms with Crippen LogP contribution in [0.5, 0.6) is 11.5 Å². The van der Waals surface area contributed by atoms with Crippen molar-refractivity contribution in [1.29, 1.82) is 0 Å². The van der Waals surface area contributed by atoms with Gasteiger partial charge in [0.15, 0.2) is 11.5 Å². The van der Waals surface area contributed by atoms with E-state index in [4.69, 9.17) is 14.2 Å². The summed E-state index contributed by atoms with van der Waals surface area (Å²) in [5.41, 5.74) is 1.23. The number of benzene rings is 1. The first-order chi connectivity index (χ1) is 12.7. The molecule has 4 aliphatic heterocycles. The molecule has 0 radical (unpaired) electrons. The van der Waals surface area contributed by atoms with E-state index < -0.39 is 0 Å².